The lowest BCUT2D eigenvalue weighted by Gasteiger charge is -2.14. The average Bonchev–Trinajstić information content (AvgIpc) is 2.89. The number of hydrogen-bond donors (Lipinski definition) is 1. The highest BCUT2D eigenvalue weighted by Crippen LogP contribution is 2.25. The van der Waals surface area contributed by atoms with Gasteiger partial charge in [0.1, 0.15) is 6.61 Å². The Morgan fingerprint density at radius 3 is 2.76 bits per heavy atom. The van der Waals surface area contributed by atoms with Crippen molar-refractivity contribution in [3.63, 3.8) is 0 Å². The SMILES string of the molecule is COC(=O)Nc1cccc(C)c1COc1cccn2c(C)c(C)nc12. The molecular weight excluding hydrogens is 318 g/mol. The average molecular weight is 339 g/mol. The van der Waals surface area contributed by atoms with E-state index in [-0.39, 0.29) is 0 Å². The lowest BCUT2D eigenvalue weighted by Crippen LogP contribution is -2.14. The standard InChI is InChI=1S/C19H21N3O3/c1-12-7-5-8-16(21-19(23)24-4)15(12)11-25-17-9-6-10-22-14(3)13(2)20-18(17)22/h5-10H,11H2,1-4H3,(H,21,23). The van der Waals surface area contributed by atoms with Crippen LogP contribution in [0, 0.1) is 20.8 Å². The third-order valence-electron chi connectivity index (χ3n) is 4.29. The van der Waals surface area contributed by atoms with E-state index in [4.69, 9.17) is 4.74 Å². The molecule has 6 heteroatoms. The lowest BCUT2D eigenvalue weighted by atomic mass is 10.1. The molecule has 0 bridgehead atoms. The van der Waals surface area contributed by atoms with Crippen LogP contribution in [0.15, 0.2) is 36.5 Å². The van der Waals surface area contributed by atoms with E-state index in [1.165, 1.54) is 7.11 Å². The van der Waals surface area contributed by atoms with Crippen LogP contribution in [0.5, 0.6) is 5.75 Å². The monoisotopic (exact) mass is 339 g/mol. The first-order chi connectivity index (χ1) is 12.0. The largest absolute Gasteiger partial charge is 0.485 e. The second kappa shape index (κ2) is 6.84. The number of fused-ring (bicyclic) bond motifs is 1. The molecule has 0 fully saturated rings. The Morgan fingerprint density at radius 1 is 1.20 bits per heavy atom. The summed E-state index contributed by atoms with van der Waals surface area (Å²) in [5, 5.41) is 2.73. The maximum absolute atomic E-state index is 11.5. The molecule has 0 unspecified atom stereocenters. The second-order valence-corrected chi connectivity index (χ2v) is 5.85. The topological polar surface area (TPSA) is 64.9 Å². The number of ether oxygens (including phenoxy) is 2. The van der Waals surface area contributed by atoms with Gasteiger partial charge in [0, 0.05) is 17.5 Å². The minimum Gasteiger partial charge on any atom is -0.485 e. The van der Waals surface area contributed by atoms with E-state index < -0.39 is 6.09 Å². The first-order valence-electron chi connectivity index (χ1n) is 8.01. The van der Waals surface area contributed by atoms with Gasteiger partial charge >= 0.3 is 6.09 Å². The van der Waals surface area contributed by atoms with Crippen molar-refractivity contribution in [1.82, 2.24) is 9.38 Å². The van der Waals surface area contributed by atoms with Gasteiger partial charge in [0.25, 0.3) is 0 Å². The van der Waals surface area contributed by atoms with Gasteiger partial charge in [-0.1, -0.05) is 12.1 Å². The van der Waals surface area contributed by atoms with E-state index in [2.05, 4.69) is 15.0 Å². The molecular formula is C19H21N3O3. The van der Waals surface area contributed by atoms with Crippen molar-refractivity contribution in [3.8, 4) is 5.75 Å². The van der Waals surface area contributed by atoms with E-state index in [0.29, 0.717) is 18.0 Å². The number of nitrogens with one attached hydrogen (secondary N) is 1. The fourth-order valence-electron chi connectivity index (χ4n) is 2.71. The van der Waals surface area contributed by atoms with Crippen LogP contribution in [0.1, 0.15) is 22.5 Å². The molecule has 1 aromatic carbocycles. The van der Waals surface area contributed by atoms with Crippen LogP contribution >= 0.6 is 0 Å². The van der Waals surface area contributed by atoms with Crippen LogP contribution in [-0.4, -0.2) is 22.6 Å². The number of methoxy groups -OCH3 is 1. The molecule has 0 aliphatic heterocycles. The second-order valence-electron chi connectivity index (χ2n) is 5.85. The van der Waals surface area contributed by atoms with Crippen molar-refractivity contribution in [2.45, 2.75) is 27.4 Å². The van der Waals surface area contributed by atoms with Crippen LogP contribution in [-0.2, 0) is 11.3 Å². The van der Waals surface area contributed by atoms with Crippen molar-refractivity contribution < 1.29 is 14.3 Å². The summed E-state index contributed by atoms with van der Waals surface area (Å²) in [5.74, 6) is 0.700. The summed E-state index contributed by atoms with van der Waals surface area (Å²) in [6.07, 6.45) is 1.46. The molecule has 6 nitrogen and oxygen atoms in total. The van der Waals surface area contributed by atoms with Crippen molar-refractivity contribution in [2.24, 2.45) is 0 Å². The minimum atomic E-state index is -0.506. The van der Waals surface area contributed by atoms with E-state index in [0.717, 1.165) is 28.2 Å². The summed E-state index contributed by atoms with van der Waals surface area (Å²) in [7, 11) is 1.34. The summed E-state index contributed by atoms with van der Waals surface area (Å²) in [4.78, 5) is 16.1. The highest BCUT2D eigenvalue weighted by Gasteiger charge is 2.13. The predicted octanol–water partition coefficient (Wildman–Crippen LogP) is 4.02. The molecule has 2 aromatic heterocycles. The molecule has 3 aromatic rings. The number of imidazole rings is 1. The summed E-state index contributed by atoms with van der Waals surface area (Å²) >= 11 is 0. The first-order valence-corrected chi connectivity index (χ1v) is 8.01. The molecule has 2 heterocycles. The number of amides is 1. The first kappa shape index (κ1) is 16.8. The maximum Gasteiger partial charge on any atom is 0.411 e. The van der Waals surface area contributed by atoms with Gasteiger partial charge < -0.3 is 13.9 Å². The highest BCUT2D eigenvalue weighted by atomic mass is 16.5. The van der Waals surface area contributed by atoms with Crippen LogP contribution < -0.4 is 10.1 Å². The number of pyridine rings is 1. The van der Waals surface area contributed by atoms with E-state index in [1.54, 1.807) is 0 Å². The van der Waals surface area contributed by atoms with Gasteiger partial charge in [0.05, 0.1) is 18.5 Å². The molecule has 0 saturated carbocycles. The molecule has 1 amide bonds. The van der Waals surface area contributed by atoms with Gasteiger partial charge in [-0.2, -0.15) is 0 Å². The van der Waals surface area contributed by atoms with Gasteiger partial charge in [-0.05, 0) is 44.5 Å². The van der Waals surface area contributed by atoms with Gasteiger partial charge in [-0.15, -0.1) is 0 Å². The number of carbonyl (C=O) groups is 1. The molecule has 3 rings (SSSR count). The van der Waals surface area contributed by atoms with E-state index in [1.807, 2.05) is 61.7 Å². The summed E-state index contributed by atoms with van der Waals surface area (Å²) in [6.45, 7) is 6.30. The van der Waals surface area contributed by atoms with E-state index >= 15 is 0 Å². The Bertz CT molecular complexity index is 931. The zero-order valence-electron chi connectivity index (χ0n) is 14.8. The zero-order valence-corrected chi connectivity index (χ0v) is 14.8. The Labute approximate surface area is 146 Å². The van der Waals surface area contributed by atoms with Gasteiger partial charge in [-0.3, -0.25) is 5.32 Å². The third kappa shape index (κ3) is 3.28. The number of rotatable bonds is 4. The summed E-state index contributed by atoms with van der Waals surface area (Å²) < 4.78 is 12.7. The van der Waals surface area contributed by atoms with Crippen molar-refractivity contribution >= 4 is 17.4 Å². The number of anilines is 1. The lowest BCUT2D eigenvalue weighted by molar-refractivity contribution is 0.187. The third-order valence-corrected chi connectivity index (χ3v) is 4.29. The Kier molecular flexibility index (Phi) is 4.61. The molecule has 0 saturated heterocycles. The molecule has 0 atom stereocenters. The van der Waals surface area contributed by atoms with Gasteiger partial charge in [-0.25, -0.2) is 9.78 Å². The fourth-order valence-corrected chi connectivity index (χ4v) is 2.71. The number of aromatic nitrogens is 2. The van der Waals surface area contributed by atoms with Crippen molar-refractivity contribution in [2.75, 3.05) is 12.4 Å². The molecule has 0 aliphatic carbocycles. The van der Waals surface area contributed by atoms with Crippen LogP contribution in [0.2, 0.25) is 0 Å². The smallest absolute Gasteiger partial charge is 0.411 e. The van der Waals surface area contributed by atoms with Crippen LogP contribution in [0.3, 0.4) is 0 Å². The zero-order chi connectivity index (χ0) is 18.0. The fraction of sp³-hybridized carbons (Fsp3) is 0.263. The molecule has 25 heavy (non-hydrogen) atoms. The Hall–Kier alpha value is -3.02. The molecule has 1 N–H and O–H groups in total. The maximum atomic E-state index is 11.5. The molecule has 0 spiro atoms. The van der Waals surface area contributed by atoms with Crippen molar-refractivity contribution in [1.29, 1.82) is 0 Å². The summed E-state index contributed by atoms with van der Waals surface area (Å²) in [5.41, 5.74) is 5.44. The highest BCUT2D eigenvalue weighted by molar-refractivity contribution is 5.85. The van der Waals surface area contributed by atoms with Crippen LogP contribution in [0.25, 0.3) is 5.65 Å². The Morgan fingerprint density at radius 2 is 2.00 bits per heavy atom. The predicted molar refractivity (Wildman–Crippen MR) is 96.2 cm³/mol. The van der Waals surface area contributed by atoms with Crippen molar-refractivity contribution in [3.05, 3.63) is 59.0 Å². The number of aryl methyl sites for hydroxylation is 3. The molecule has 130 valence electrons. The van der Waals surface area contributed by atoms with E-state index in [9.17, 15) is 4.79 Å². The molecule has 0 radical (unpaired) electrons. The normalized spacial score (nSPS) is 10.7. The summed E-state index contributed by atoms with van der Waals surface area (Å²) in [6, 6.07) is 9.51. The van der Waals surface area contributed by atoms with Gasteiger partial charge in [0.15, 0.2) is 11.4 Å². The van der Waals surface area contributed by atoms with Crippen LogP contribution in [0.4, 0.5) is 10.5 Å². The quantitative estimate of drug-likeness (QED) is 0.780. The number of nitrogens with zero attached hydrogens (tertiary/aromatic N) is 2. The Balaban J connectivity index is 1.90. The minimum absolute atomic E-state index is 0.316. The number of carbonyl (C=O) groups excluding carboxylic acids is 1. The molecule has 0 aliphatic rings. The van der Waals surface area contributed by atoms with Gasteiger partial charge in [0.2, 0.25) is 0 Å². The number of hydrogen-bond acceptors (Lipinski definition) is 4. The number of benzene rings is 1.